The highest BCUT2D eigenvalue weighted by molar-refractivity contribution is 5.84. The number of ether oxygens (including phenoxy) is 2. The van der Waals surface area contributed by atoms with Crippen LogP contribution in [-0.4, -0.2) is 52.0 Å². The van der Waals surface area contributed by atoms with Crippen LogP contribution in [0.4, 0.5) is 10.3 Å². The van der Waals surface area contributed by atoms with Gasteiger partial charge in [-0.2, -0.15) is 0 Å². The van der Waals surface area contributed by atoms with Gasteiger partial charge in [-0.15, -0.1) is 0 Å². The van der Waals surface area contributed by atoms with Crippen molar-refractivity contribution in [1.29, 1.82) is 0 Å². The van der Waals surface area contributed by atoms with Crippen LogP contribution >= 0.6 is 0 Å². The highest BCUT2D eigenvalue weighted by Crippen LogP contribution is 2.36. The van der Waals surface area contributed by atoms with Crippen molar-refractivity contribution in [3.05, 3.63) is 70.8 Å². The maximum Gasteiger partial charge on any atom is 0.274 e. The number of nitrogens with zero attached hydrogens (tertiary/aromatic N) is 5. The minimum absolute atomic E-state index is 0.00442. The van der Waals surface area contributed by atoms with E-state index in [9.17, 15) is 9.18 Å². The number of aromatic nitrogens is 4. The van der Waals surface area contributed by atoms with Crippen LogP contribution in [0.5, 0.6) is 5.75 Å². The van der Waals surface area contributed by atoms with Gasteiger partial charge in [-0.05, 0) is 36.6 Å². The van der Waals surface area contributed by atoms with Gasteiger partial charge in [0, 0.05) is 43.5 Å². The van der Waals surface area contributed by atoms with E-state index in [1.807, 2.05) is 58.2 Å². The second-order valence-electron chi connectivity index (χ2n) is 9.31. The molecule has 36 heavy (non-hydrogen) atoms. The minimum atomic E-state index is -1.43. The molecule has 0 radical (unpaired) electrons. The number of benzene rings is 2. The molecule has 0 amide bonds. The van der Waals surface area contributed by atoms with Crippen molar-refractivity contribution in [2.75, 3.05) is 31.2 Å². The highest BCUT2D eigenvalue weighted by atomic mass is 19.1. The topological polar surface area (TPSA) is 74.4 Å². The molecule has 6 rings (SSSR count). The third kappa shape index (κ3) is 4.35. The number of hydrogen-bond donors (Lipinski definition) is 0. The van der Waals surface area contributed by atoms with E-state index in [4.69, 9.17) is 9.47 Å². The molecule has 2 fully saturated rings. The fourth-order valence-corrected chi connectivity index (χ4v) is 4.78. The smallest absolute Gasteiger partial charge is 0.274 e. The molecule has 2 aromatic heterocycles. The highest BCUT2D eigenvalue weighted by Gasteiger charge is 2.30. The lowest BCUT2D eigenvalue weighted by atomic mass is 10.1. The summed E-state index contributed by atoms with van der Waals surface area (Å²) in [5.41, 5.74) is 3.44. The summed E-state index contributed by atoms with van der Waals surface area (Å²) < 4.78 is 28.3. The molecule has 2 aliphatic rings. The van der Waals surface area contributed by atoms with Crippen LogP contribution in [0.1, 0.15) is 31.4 Å². The van der Waals surface area contributed by atoms with E-state index >= 15 is 0 Å². The predicted molar refractivity (Wildman–Crippen MR) is 135 cm³/mol. The number of rotatable bonds is 7. The Hall–Kier alpha value is -3.72. The van der Waals surface area contributed by atoms with E-state index in [0.717, 1.165) is 48.1 Å². The van der Waals surface area contributed by atoms with Crippen molar-refractivity contribution in [2.24, 2.45) is 0 Å². The molecule has 1 aliphatic heterocycles. The van der Waals surface area contributed by atoms with Crippen molar-refractivity contribution >= 4 is 16.9 Å². The zero-order chi connectivity index (χ0) is 24.6. The van der Waals surface area contributed by atoms with Gasteiger partial charge >= 0.3 is 0 Å². The lowest BCUT2D eigenvalue weighted by Crippen LogP contribution is -2.37. The zero-order valence-corrected chi connectivity index (χ0v) is 20.1. The molecule has 1 unspecified atom stereocenters. The van der Waals surface area contributed by atoms with Gasteiger partial charge in [0.2, 0.25) is 12.3 Å². The SMILES string of the molecule is CC(F)Oc1ccccc1Cn1c2cc(-c3cnc(N4CCOCC4)nc3)ccc2c(=O)n1C1CC1. The van der Waals surface area contributed by atoms with Crippen LogP contribution in [0.15, 0.2) is 59.7 Å². The van der Waals surface area contributed by atoms with E-state index in [2.05, 4.69) is 14.9 Å². The molecule has 1 aliphatic carbocycles. The van der Waals surface area contributed by atoms with Crippen LogP contribution in [0.3, 0.4) is 0 Å². The van der Waals surface area contributed by atoms with Gasteiger partial charge in [0.1, 0.15) is 5.75 Å². The number of hydrogen-bond acceptors (Lipinski definition) is 6. The Kier molecular flexibility index (Phi) is 5.92. The van der Waals surface area contributed by atoms with Crippen molar-refractivity contribution in [1.82, 2.24) is 19.3 Å². The van der Waals surface area contributed by atoms with Crippen LogP contribution in [0.25, 0.3) is 22.0 Å². The molecule has 4 aromatic rings. The fraction of sp³-hybridized carbons (Fsp3) is 0.370. The Balaban J connectivity index is 1.39. The van der Waals surface area contributed by atoms with Crippen LogP contribution in [0, 0.1) is 0 Å². The van der Waals surface area contributed by atoms with E-state index in [1.54, 1.807) is 6.07 Å². The van der Waals surface area contributed by atoms with E-state index in [1.165, 1.54) is 6.92 Å². The first-order valence-corrected chi connectivity index (χ1v) is 12.4. The molecular weight excluding hydrogens is 461 g/mol. The molecular formula is C27H28FN5O3. The average Bonchev–Trinajstić information content (AvgIpc) is 3.70. The van der Waals surface area contributed by atoms with Gasteiger partial charge in [0.15, 0.2) is 0 Å². The van der Waals surface area contributed by atoms with Gasteiger partial charge in [0.05, 0.1) is 36.7 Å². The molecule has 3 heterocycles. The first-order valence-electron chi connectivity index (χ1n) is 12.4. The summed E-state index contributed by atoms with van der Waals surface area (Å²) in [5.74, 6) is 1.17. The predicted octanol–water partition coefficient (Wildman–Crippen LogP) is 4.17. The monoisotopic (exact) mass is 489 g/mol. The molecule has 0 spiro atoms. The third-order valence-electron chi connectivity index (χ3n) is 6.71. The summed E-state index contributed by atoms with van der Waals surface area (Å²) in [7, 11) is 0. The molecule has 1 saturated carbocycles. The molecule has 186 valence electrons. The average molecular weight is 490 g/mol. The Bertz CT molecular complexity index is 1440. The summed E-state index contributed by atoms with van der Waals surface area (Å²) >= 11 is 0. The molecule has 9 heteroatoms. The molecule has 1 saturated heterocycles. The van der Waals surface area contributed by atoms with Crippen molar-refractivity contribution in [2.45, 2.75) is 38.7 Å². The Morgan fingerprint density at radius 1 is 1.08 bits per heavy atom. The molecule has 1 atom stereocenters. The molecule has 2 aromatic carbocycles. The van der Waals surface area contributed by atoms with Crippen LogP contribution in [0.2, 0.25) is 0 Å². The number of anilines is 1. The number of morpholine rings is 1. The summed E-state index contributed by atoms with van der Waals surface area (Å²) in [6.07, 6.45) is 4.17. The number of halogens is 1. The van der Waals surface area contributed by atoms with Gasteiger partial charge in [-0.3, -0.25) is 9.48 Å². The first kappa shape index (κ1) is 22.7. The number of fused-ring (bicyclic) bond motifs is 1. The Morgan fingerprint density at radius 2 is 1.83 bits per heavy atom. The lowest BCUT2D eigenvalue weighted by molar-refractivity contribution is 0.0847. The van der Waals surface area contributed by atoms with E-state index in [-0.39, 0.29) is 11.6 Å². The lowest BCUT2D eigenvalue weighted by Gasteiger charge is -2.26. The quantitative estimate of drug-likeness (QED) is 0.388. The Labute approximate surface area is 207 Å². The van der Waals surface area contributed by atoms with Crippen molar-refractivity contribution in [3.63, 3.8) is 0 Å². The fourth-order valence-electron chi connectivity index (χ4n) is 4.78. The summed E-state index contributed by atoms with van der Waals surface area (Å²) in [6.45, 7) is 4.66. The van der Waals surface area contributed by atoms with Gasteiger partial charge in [-0.1, -0.05) is 24.3 Å². The van der Waals surface area contributed by atoms with Crippen molar-refractivity contribution in [3.8, 4) is 16.9 Å². The minimum Gasteiger partial charge on any atom is -0.460 e. The van der Waals surface area contributed by atoms with Gasteiger partial charge in [0.25, 0.3) is 5.56 Å². The molecule has 8 nitrogen and oxygen atoms in total. The normalized spacial score (nSPS) is 16.9. The van der Waals surface area contributed by atoms with Crippen molar-refractivity contribution < 1.29 is 13.9 Å². The largest absolute Gasteiger partial charge is 0.460 e. The first-order chi connectivity index (χ1) is 17.6. The maximum atomic E-state index is 13.7. The maximum absolute atomic E-state index is 13.7. The van der Waals surface area contributed by atoms with Gasteiger partial charge in [-0.25, -0.2) is 19.0 Å². The summed E-state index contributed by atoms with van der Waals surface area (Å²) in [4.78, 5) is 24.6. The molecule has 0 bridgehead atoms. The second kappa shape index (κ2) is 9.39. The molecule has 0 N–H and O–H groups in total. The standard InChI is InChI=1S/C27H28FN5O3/c1-18(28)36-25-5-3-2-4-20(25)17-32-24-14-19(6-9-23(24)26(34)33(32)22-7-8-22)21-15-29-27(30-16-21)31-10-12-35-13-11-31/h2-6,9,14-16,18,22H,7-8,10-13,17H2,1H3. The summed E-state index contributed by atoms with van der Waals surface area (Å²) in [5, 5.41) is 0.661. The van der Waals surface area contributed by atoms with E-state index in [0.29, 0.717) is 36.8 Å². The number of alkyl halides is 1. The third-order valence-corrected chi connectivity index (χ3v) is 6.71. The Morgan fingerprint density at radius 3 is 2.56 bits per heavy atom. The van der Waals surface area contributed by atoms with E-state index < -0.39 is 6.36 Å². The van der Waals surface area contributed by atoms with Gasteiger partial charge < -0.3 is 14.4 Å². The second-order valence-corrected chi connectivity index (χ2v) is 9.31. The zero-order valence-electron chi connectivity index (χ0n) is 20.1. The number of para-hydroxylation sites is 1. The van der Waals surface area contributed by atoms with Crippen LogP contribution in [-0.2, 0) is 11.3 Å². The van der Waals surface area contributed by atoms with Crippen LogP contribution < -0.4 is 15.2 Å². The summed E-state index contributed by atoms with van der Waals surface area (Å²) in [6, 6.07) is 13.4.